The predicted octanol–water partition coefficient (Wildman–Crippen LogP) is 6.14. The van der Waals surface area contributed by atoms with Crippen molar-refractivity contribution in [2.75, 3.05) is 7.11 Å². The number of carbonyl (C=O) groups excluding carboxylic acids is 1. The van der Waals surface area contributed by atoms with E-state index in [1.807, 2.05) is 73.7 Å². The molecule has 0 spiro atoms. The number of hydrogen-bond acceptors (Lipinski definition) is 5. The van der Waals surface area contributed by atoms with Crippen LogP contribution in [0.15, 0.2) is 79.0 Å². The van der Waals surface area contributed by atoms with Gasteiger partial charge in [0, 0.05) is 11.1 Å². The molecule has 1 aromatic heterocycles. The highest BCUT2D eigenvalue weighted by Gasteiger charge is 2.18. The van der Waals surface area contributed by atoms with Gasteiger partial charge in [0.15, 0.2) is 5.69 Å². The molecule has 4 aromatic rings. The number of hydrogen-bond donors (Lipinski definition) is 0. The fourth-order valence-corrected chi connectivity index (χ4v) is 3.50. The fraction of sp³-hybridized carbons (Fsp3) is 0.115. The molecular weight excluding hydrogens is 424 g/mol. The summed E-state index contributed by atoms with van der Waals surface area (Å²) < 4.78 is 10.8. The minimum atomic E-state index is -0.551. The SMILES string of the molecule is COC(=O)c1cnc(-c2ccccc2C)c(-c2ccc(Cl)c(OCc3ccccc3)c2)n1. The van der Waals surface area contributed by atoms with Crippen molar-refractivity contribution < 1.29 is 14.3 Å². The number of benzene rings is 3. The van der Waals surface area contributed by atoms with Crippen molar-refractivity contribution >= 4 is 17.6 Å². The van der Waals surface area contributed by atoms with Crippen LogP contribution in [-0.4, -0.2) is 23.0 Å². The standard InChI is InChI=1S/C26H21ClN2O3/c1-17-8-6-7-11-20(17)25-24(29-22(15-28-25)26(30)31-2)19-12-13-21(27)23(14-19)32-16-18-9-4-3-5-10-18/h3-15H,16H2,1-2H3. The van der Waals surface area contributed by atoms with E-state index in [2.05, 4.69) is 9.97 Å². The topological polar surface area (TPSA) is 61.3 Å². The number of halogens is 1. The lowest BCUT2D eigenvalue weighted by molar-refractivity contribution is 0.0593. The van der Waals surface area contributed by atoms with Crippen LogP contribution in [0, 0.1) is 6.92 Å². The Bertz CT molecular complexity index is 1260. The zero-order valence-electron chi connectivity index (χ0n) is 17.7. The minimum absolute atomic E-state index is 0.126. The monoisotopic (exact) mass is 444 g/mol. The number of esters is 1. The second kappa shape index (κ2) is 9.62. The van der Waals surface area contributed by atoms with E-state index in [9.17, 15) is 4.79 Å². The van der Waals surface area contributed by atoms with Gasteiger partial charge in [-0.05, 0) is 30.2 Å². The van der Waals surface area contributed by atoms with Gasteiger partial charge >= 0.3 is 5.97 Å². The highest BCUT2D eigenvalue weighted by Crippen LogP contribution is 2.35. The zero-order chi connectivity index (χ0) is 22.5. The van der Waals surface area contributed by atoms with Gasteiger partial charge in [0.1, 0.15) is 12.4 Å². The van der Waals surface area contributed by atoms with E-state index in [0.717, 1.165) is 22.3 Å². The summed E-state index contributed by atoms with van der Waals surface area (Å²) in [5, 5.41) is 0.485. The maximum atomic E-state index is 12.1. The molecule has 5 nitrogen and oxygen atoms in total. The summed E-state index contributed by atoms with van der Waals surface area (Å²) in [6.45, 7) is 2.38. The summed E-state index contributed by atoms with van der Waals surface area (Å²) in [7, 11) is 1.32. The van der Waals surface area contributed by atoms with Crippen LogP contribution in [-0.2, 0) is 11.3 Å². The number of rotatable bonds is 6. The number of aromatic nitrogens is 2. The van der Waals surface area contributed by atoms with Gasteiger partial charge in [0.25, 0.3) is 0 Å². The smallest absolute Gasteiger partial charge is 0.358 e. The molecule has 0 bridgehead atoms. The molecule has 4 rings (SSSR count). The Morgan fingerprint density at radius 2 is 1.72 bits per heavy atom. The molecule has 0 radical (unpaired) electrons. The second-order valence-electron chi connectivity index (χ2n) is 7.18. The molecule has 0 aliphatic rings. The van der Waals surface area contributed by atoms with Gasteiger partial charge in [-0.25, -0.2) is 9.78 Å². The fourth-order valence-electron chi connectivity index (χ4n) is 3.33. The highest BCUT2D eigenvalue weighted by molar-refractivity contribution is 6.32. The van der Waals surface area contributed by atoms with Crippen LogP contribution in [0.4, 0.5) is 0 Å². The van der Waals surface area contributed by atoms with Gasteiger partial charge in [0.2, 0.25) is 0 Å². The molecule has 160 valence electrons. The van der Waals surface area contributed by atoms with Gasteiger partial charge in [-0.2, -0.15) is 0 Å². The maximum Gasteiger partial charge on any atom is 0.358 e. The van der Waals surface area contributed by atoms with E-state index in [1.54, 1.807) is 6.07 Å². The first-order valence-electron chi connectivity index (χ1n) is 10.0. The highest BCUT2D eigenvalue weighted by atomic mass is 35.5. The van der Waals surface area contributed by atoms with Crippen LogP contribution < -0.4 is 4.74 Å². The summed E-state index contributed by atoms with van der Waals surface area (Å²) >= 11 is 6.40. The van der Waals surface area contributed by atoms with Crippen LogP contribution in [0.3, 0.4) is 0 Å². The summed E-state index contributed by atoms with van der Waals surface area (Å²) in [6, 6.07) is 23.1. The van der Waals surface area contributed by atoms with Gasteiger partial charge in [-0.15, -0.1) is 0 Å². The molecule has 6 heteroatoms. The van der Waals surface area contributed by atoms with E-state index in [0.29, 0.717) is 28.8 Å². The quantitative estimate of drug-likeness (QED) is 0.334. The van der Waals surface area contributed by atoms with E-state index >= 15 is 0 Å². The van der Waals surface area contributed by atoms with Gasteiger partial charge in [-0.3, -0.25) is 4.98 Å². The molecule has 0 N–H and O–H groups in total. The maximum absolute atomic E-state index is 12.1. The molecule has 0 atom stereocenters. The van der Waals surface area contributed by atoms with Crippen molar-refractivity contribution in [2.24, 2.45) is 0 Å². The Labute approximate surface area is 191 Å². The van der Waals surface area contributed by atoms with Crippen LogP contribution in [0.25, 0.3) is 22.5 Å². The molecule has 0 amide bonds. The third-order valence-corrected chi connectivity index (χ3v) is 5.32. The molecule has 32 heavy (non-hydrogen) atoms. The largest absolute Gasteiger partial charge is 0.487 e. The van der Waals surface area contributed by atoms with Crippen molar-refractivity contribution in [2.45, 2.75) is 13.5 Å². The van der Waals surface area contributed by atoms with Crippen molar-refractivity contribution in [3.63, 3.8) is 0 Å². The van der Waals surface area contributed by atoms with Crippen molar-refractivity contribution in [1.29, 1.82) is 0 Å². The lowest BCUT2D eigenvalue weighted by Crippen LogP contribution is -2.07. The third kappa shape index (κ3) is 4.63. The zero-order valence-corrected chi connectivity index (χ0v) is 18.5. The Morgan fingerprint density at radius 3 is 2.47 bits per heavy atom. The van der Waals surface area contributed by atoms with Crippen molar-refractivity contribution in [1.82, 2.24) is 9.97 Å². The van der Waals surface area contributed by atoms with E-state index in [1.165, 1.54) is 13.3 Å². The summed E-state index contributed by atoms with van der Waals surface area (Å²) in [5.41, 5.74) is 5.06. The Morgan fingerprint density at radius 1 is 0.969 bits per heavy atom. The molecule has 0 saturated carbocycles. The Hall–Kier alpha value is -3.70. The summed E-state index contributed by atoms with van der Waals surface area (Å²) in [6.07, 6.45) is 1.43. The minimum Gasteiger partial charge on any atom is -0.487 e. The second-order valence-corrected chi connectivity index (χ2v) is 7.59. The van der Waals surface area contributed by atoms with Gasteiger partial charge in [-0.1, -0.05) is 72.3 Å². The lowest BCUT2D eigenvalue weighted by atomic mass is 10.00. The molecule has 0 saturated heterocycles. The summed E-state index contributed by atoms with van der Waals surface area (Å²) in [4.78, 5) is 21.3. The Balaban J connectivity index is 1.79. The molecular formula is C26H21ClN2O3. The number of methoxy groups -OCH3 is 1. The van der Waals surface area contributed by atoms with E-state index < -0.39 is 5.97 Å². The molecule has 0 aliphatic heterocycles. The van der Waals surface area contributed by atoms with Crippen LogP contribution in [0.5, 0.6) is 5.75 Å². The normalized spacial score (nSPS) is 10.6. The molecule has 3 aromatic carbocycles. The molecule has 0 aliphatic carbocycles. The number of nitrogens with zero attached hydrogens (tertiary/aromatic N) is 2. The number of carbonyl (C=O) groups is 1. The van der Waals surface area contributed by atoms with Gasteiger partial charge in [0.05, 0.1) is 29.7 Å². The van der Waals surface area contributed by atoms with Crippen LogP contribution in [0.1, 0.15) is 21.6 Å². The molecule has 1 heterocycles. The average Bonchev–Trinajstić information content (AvgIpc) is 2.84. The van der Waals surface area contributed by atoms with E-state index in [-0.39, 0.29) is 5.69 Å². The number of aryl methyl sites for hydroxylation is 1. The first kappa shape index (κ1) is 21.5. The van der Waals surface area contributed by atoms with Crippen molar-refractivity contribution in [3.05, 3.63) is 101 Å². The first-order valence-corrected chi connectivity index (χ1v) is 10.4. The van der Waals surface area contributed by atoms with Crippen molar-refractivity contribution in [3.8, 4) is 28.3 Å². The third-order valence-electron chi connectivity index (χ3n) is 5.01. The van der Waals surface area contributed by atoms with Gasteiger partial charge < -0.3 is 9.47 Å². The first-order chi connectivity index (χ1) is 15.6. The molecule has 0 unspecified atom stereocenters. The van der Waals surface area contributed by atoms with E-state index in [4.69, 9.17) is 21.1 Å². The summed E-state index contributed by atoms with van der Waals surface area (Å²) in [5.74, 6) is -0.0291. The average molecular weight is 445 g/mol. The number of ether oxygens (including phenoxy) is 2. The molecule has 0 fully saturated rings. The lowest BCUT2D eigenvalue weighted by Gasteiger charge is -2.14. The van der Waals surface area contributed by atoms with Crippen LogP contribution in [0.2, 0.25) is 5.02 Å². The van der Waals surface area contributed by atoms with Crippen LogP contribution >= 0.6 is 11.6 Å². The Kier molecular flexibility index (Phi) is 6.47. The predicted molar refractivity (Wildman–Crippen MR) is 125 cm³/mol.